The zero-order valence-electron chi connectivity index (χ0n) is 18.3. The molecule has 3 aliphatic rings. The topological polar surface area (TPSA) is 153 Å². The van der Waals surface area contributed by atoms with E-state index in [0.29, 0.717) is 29.0 Å². The maximum atomic E-state index is 12.8. The molecule has 3 aliphatic heterocycles. The summed E-state index contributed by atoms with van der Waals surface area (Å²) in [6.07, 6.45) is 2.17. The lowest BCUT2D eigenvalue weighted by molar-refractivity contribution is -0.192. The van der Waals surface area contributed by atoms with E-state index in [1.54, 1.807) is 17.8 Å². The van der Waals surface area contributed by atoms with Crippen LogP contribution in [0.15, 0.2) is 24.7 Å². The monoisotopic (exact) mass is 491 g/mol. The average Bonchev–Trinajstić information content (AvgIpc) is 3.41. The fourth-order valence-electron chi connectivity index (χ4n) is 4.02. The molecule has 6 heterocycles. The lowest BCUT2D eigenvalue weighted by Gasteiger charge is -2.46. The summed E-state index contributed by atoms with van der Waals surface area (Å²) in [6.45, 7) is 1.88. The molecule has 6 rings (SSSR count). The van der Waals surface area contributed by atoms with Gasteiger partial charge in [0.2, 0.25) is 0 Å². The molecule has 0 aromatic carbocycles. The summed E-state index contributed by atoms with van der Waals surface area (Å²) < 4.78 is 34.8. The third-order valence-electron chi connectivity index (χ3n) is 5.67. The first kappa shape index (κ1) is 24.0. The minimum atomic E-state index is -5.08. The highest BCUT2D eigenvalue weighted by Crippen LogP contribution is 2.27. The van der Waals surface area contributed by atoms with Crippen LogP contribution in [-0.2, 0) is 11.8 Å². The molecule has 35 heavy (non-hydrogen) atoms. The van der Waals surface area contributed by atoms with Gasteiger partial charge in [-0.15, -0.1) is 0 Å². The molecule has 2 bridgehead atoms. The highest BCUT2D eigenvalue weighted by Gasteiger charge is 2.38. The van der Waals surface area contributed by atoms with Crippen LogP contribution >= 0.6 is 0 Å². The molecule has 0 saturated carbocycles. The van der Waals surface area contributed by atoms with Gasteiger partial charge >= 0.3 is 12.1 Å². The number of amides is 1. The van der Waals surface area contributed by atoms with Crippen LogP contribution in [-0.4, -0.2) is 72.7 Å². The molecular weight excluding hydrogens is 471 g/mol. The van der Waals surface area contributed by atoms with Gasteiger partial charge in [0.05, 0.1) is 11.9 Å². The molecule has 3 N–H and O–H groups in total. The first-order valence-electron chi connectivity index (χ1n) is 10.5. The molecule has 15 heteroatoms. The van der Waals surface area contributed by atoms with Crippen LogP contribution < -0.4 is 15.5 Å². The summed E-state index contributed by atoms with van der Waals surface area (Å²) in [7, 11) is 1.70. The van der Waals surface area contributed by atoms with Crippen LogP contribution in [0.4, 0.5) is 24.7 Å². The van der Waals surface area contributed by atoms with Crippen molar-refractivity contribution in [3.8, 4) is 6.07 Å². The SMILES string of the molecule is Cn1cc(NC(=O)c2cnn3ccc(N4CC5CCC4CN5)nc23)c(C#N)n1.O=C(O)C(F)(F)F. The highest BCUT2D eigenvalue weighted by atomic mass is 19.4. The van der Waals surface area contributed by atoms with Crippen molar-refractivity contribution in [3.05, 3.63) is 35.9 Å². The van der Waals surface area contributed by atoms with E-state index < -0.39 is 12.1 Å². The average molecular weight is 491 g/mol. The van der Waals surface area contributed by atoms with Gasteiger partial charge in [-0.2, -0.15) is 28.6 Å². The quantitative estimate of drug-likeness (QED) is 0.490. The van der Waals surface area contributed by atoms with E-state index in [0.717, 1.165) is 25.3 Å². The molecular formula is C20H20F3N9O3. The van der Waals surface area contributed by atoms with Gasteiger partial charge < -0.3 is 20.6 Å². The molecule has 0 spiro atoms. The fraction of sp³-hybridized carbons (Fsp3) is 0.400. The lowest BCUT2D eigenvalue weighted by Crippen LogP contribution is -2.61. The fourth-order valence-corrected chi connectivity index (χ4v) is 4.02. The standard InChI is InChI=1S/C18H19N9O.C2HF3O2/c1-25-10-15(14(6-19)24-25)22-18(28)13-8-21-27-5-4-16(23-17(13)27)26-9-11-2-3-12(26)7-20-11;3-2(4,5)1(6)7/h4-5,8,10-12,20H,2-3,7,9H2,1H3,(H,22,28);(H,6,7). The maximum Gasteiger partial charge on any atom is 0.490 e. The zero-order valence-corrected chi connectivity index (χ0v) is 18.3. The van der Waals surface area contributed by atoms with Gasteiger partial charge in [0.1, 0.15) is 17.5 Å². The molecule has 0 radical (unpaired) electrons. The predicted molar refractivity (Wildman–Crippen MR) is 115 cm³/mol. The number of alkyl halides is 3. The number of carboxylic acid groups (broad SMARTS) is 1. The van der Waals surface area contributed by atoms with Crippen molar-refractivity contribution in [1.29, 1.82) is 5.26 Å². The number of piperidine rings is 2. The molecule has 12 nitrogen and oxygen atoms in total. The van der Waals surface area contributed by atoms with Crippen LogP contribution in [0.3, 0.4) is 0 Å². The van der Waals surface area contributed by atoms with Gasteiger partial charge in [0, 0.05) is 44.6 Å². The van der Waals surface area contributed by atoms with Crippen LogP contribution in [0, 0.1) is 11.3 Å². The van der Waals surface area contributed by atoms with E-state index in [9.17, 15) is 18.0 Å². The number of nitrogens with zero attached hydrogens (tertiary/aromatic N) is 7. The largest absolute Gasteiger partial charge is 0.490 e. The Kier molecular flexibility index (Phi) is 6.31. The Labute approximate surface area is 195 Å². The van der Waals surface area contributed by atoms with Crippen molar-refractivity contribution < 1.29 is 27.9 Å². The number of piperazine rings is 1. The number of fused-ring (bicyclic) bond motifs is 4. The van der Waals surface area contributed by atoms with Gasteiger partial charge in [-0.05, 0) is 18.9 Å². The third kappa shape index (κ3) is 5.01. The van der Waals surface area contributed by atoms with Gasteiger partial charge in [-0.3, -0.25) is 9.48 Å². The smallest absolute Gasteiger partial charge is 0.475 e. The number of halogens is 3. The number of carboxylic acids is 1. The van der Waals surface area contributed by atoms with E-state index in [1.165, 1.54) is 17.3 Å². The Morgan fingerprint density at radius 3 is 2.66 bits per heavy atom. The second-order valence-electron chi connectivity index (χ2n) is 8.03. The molecule has 2 atom stereocenters. The summed E-state index contributed by atoms with van der Waals surface area (Å²) in [6, 6.07) is 4.83. The number of nitriles is 1. The van der Waals surface area contributed by atoms with E-state index in [-0.39, 0.29) is 11.6 Å². The molecule has 3 saturated heterocycles. The number of aliphatic carboxylic acids is 1. The van der Waals surface area contributed by atoms with Crippen molar-refractivity contribution in [2.24, 2.45) is 7.05 Å². The van der Waals surface area contributed by atoms with Crippen LogP contribution in [0.25, 0.3) is 5.65 Å². The van der Waals surface area contributed by atoms with E-state index in [1.807, 2.05) is 18.3 Å². The molecule has 3 fully saturated rings. The molecule has 3 aromatic heterocycles. The summed E-state index contributed by atoms with van der Waals surface area (Å²) in [5.74, 6) is -2.27. The van der Waals surface area contributed by atoms with Gasteiger partial charge in [0.25, 0.3) is 5.91 Å². The molecule has 3 aromatic rings. The molecule has 1 amide bonds. The minimum absolute atomic E-state index is 0.165. The van der Waals surface area contributed by atoms with Crippen molar-refractivity contribution in [2.75, 3.05) is 23.3 Å². The van der Waals surface area contributed by atoms with Crippen LogP contribution in [0.2, 0.25) is 0 Å². The number of carbonyl (C=O) groups is 2. The Balaban J connectivity index is 0.000000364. The predicted octanol–water partition coefficient (Wildman–Crippen LogP) is 1.16. The number of rotatable bonds is 3. The molecule has 2 unspecified atom stereocenters. The van der Waals surface area contributed by atoms with Crippen molar-refractivity contribution in [3.63, 3.8) is 0 Å². The third-order valence-corrected chi connectivity index (χ3v) is 5.67. The van der Waals surface area contributed by atoms with Crippen molar-refractivity contribution in [1.82, 2.24) is 29.7 Å². The summed E-state index contributed by atoms with van der Waals surface area (Å²) in [5, 5.41) is 30.8. The van der Waals surface area contributed by atoms with Gasteiger partial charge in [-0.25, -0.2) is 14.3 Å². The Morgan fingerprint density at radius 2 is 2.09 bits per heavy atom. The number of hydrogen-bond acceptors (Lipinski definition) is 8. The Bertz CT molecular complexity index is 1300. The first-order valence-corrected chi connectivity index (χ1v) is 10.5. The number of anilines is 2. The number of nitrogens with one attached hydrogen (secondary N) is 2. The van der Waals surface area contributed by atoms with Crippen molar-refractivity contribution >= 4 is 29.0 Å². The number of aryl methyl sites for hydroxylation is 1. The number of carbonyl (C=O) groups excluding carboxylic acids is 1. The zero-order chi connectivity index (χ0) is 25.3. The summed E-state index contributed by atoms with van der Waals surface area (Å²) in [5.41, 5.74) is 1.38. The first-order chi connectivity index (χ1) is 16.6. The summed E-state index contributed by atoms with van der Waals surface area (Å²) >= 11 is 0. The second-order valence-corrected chi connectivity index (χ2v) is 8.03. The highest BCUT2D eigenvalue weighted by molar-refractivity contribution is 6.08. The van der Waals surface area contributed by atoms with Gasteiger partial charge in [0.15, 0.2) is 11.3 Å². The Morgan fingerprint density at radius 1 is 1.34 bits per heavy atom. The van der Waals surface area contributed by atoms with Crippen molar-refractivity contribution in [2.45, 2.75) is 31.1 Å². The lowest BCUT2D eigenvalue weighted by atomic mass is 9.93. The van der Waals surface area contributed by atoms with Crippen LogP contribution in [0.5, 0.6) is 0 Å². The maximum absolute atomic E-state index is 12.8. The van der Waals surface area contributed by atoms with E-state index >= 15 is 0 Å². The van der Waals surface area contributed by atoms with E-state index in [2.05, 4.69) is 25.7 Å². The van der Waals surface area contributed by atoms with Crippen LogP contribution in [0.1, 0.15) is 28.9 Å². The molecule has 0 aliphatic carbocycles. The number of hydrogen-bond donors (Lipinski definition) is 3. The normalized spacial score (nSPS) is 19.1. The van der Waals surface area contributed by atoms with Gasteiger partial charge in [-0.1, -0.05) is 0 Å². The number of aromatic nitrogens is 5. The Hall–Kier alpha value is -4.19. The van der Waals surface area contributed by atoms with E-state index in [4.69, 9.17) is 20.1 Å². The summed E-state index contributed by atoms with van der Waals surface area (Å²) in [4.78, 5) is 28.8. The minimum Gasteiger partial charge on any atom is -0.475 e. The molecule has 184 valence electrons. The second kappa shape index (κ2) is 9.22.